The third-order valence-corrected chi connectivity index (χ3v) is 2.46. The fourth-order valence-corrected chi connectivity index (χ4v) is 1.46. The molecule has 1 aromatic carbocycles. The molecule has 0 aliphatic carbocycles. The van der Waals surface area contributed by atoms with Crippen molar-refractivity contribution in [1.29, 1.82) is 0 Å². The standard InChI is InChI=1S/C15H11FN2O2/c16-13-6-3-11(4-7-13)2-1-9-17-15(20)12-5-8-14(19)18-10-12/h3-8,10H,9H2,(H,17,20)(H,18,19). The van der Waals surface area contributed by atoms with Crippen molar-refractivity contribution in [3.63, 3.8) is 0 Å². The fourth-order valence-electron chi connectivity index (χ4n) is 1.46. The Hall–Kier alpha value is -2.87. The number of rotatable bonds is 2. The molecule has 5 heteroatoms. The minimum absolute atomic E-state index is 0.162. The van der Waals surface area contributed by atoms with Crippen molar-refractivity contribution in [2.24, 2.45) is 0 Å². The maximum atomic E-state index is 12.7. The highest BCUT2D eigenvalue weighted by molar-refractivity contribution is 5.93. The average Bonchev–Trinajstić information content (AvgIpc) is 2.46. The van der Waals surface area contributed by atoms with E-state index in [2.05, 4.69) is 22.1 Å². The van der Waals surface area contributed by atoms with Gasteiger partial charge in [-0.2, -0.15) is 0 Å². The zero-order valence-corrected chi connectivity index (χ0v) is 10.4. The van der Waals surface area contributed by atoms with Crippen molar-refractivity contribution in [1.82, 2.24) is 10.3 Å². The molecule has 0 bridgehead atoms. The van der Waals surface area contributed by atoms with Crippen LogP contribution >= 0.6 is 0 Å². The maximum Gasteiger partial charge on any atom is 0.253 e. The van der Waals surface area contributed by atoms with E-state index < -0.39 is 0 Å². The van der Waals surface area contributed by atoms with E-state index in [1.807, 2.05) is 0 Å². The number of hydrogen-bond acceptors (Lipinski definition) is 2. The molecule has 0 aliphatic rings. The second-order valence-corrected chi connectivity index (χ2v) is 3.93. The zero-order valence-electron chi connectivity index (χ0n) is 10.4. The first-order valence-electron chi connectivity index (χ1n) is 5.86. The molecule has 100 valence electrons. The van der Waals surface area contributed by atoms with Crippen molar-refractivity contribution >= 4 is 5.91 Å². The normalized spacial score (nSPS) is 9.45. The van der Waals surface area contributed by atoms with Gasteiger partial charge in [0.2, 0.25) is 5.56 Å². The molecule has 4 nitrogen and oxygen atoms in total. The molecule has 1 amide bonds. The Kier molecular flexibility index (Phi) is 4.30. The summed E-state index contributed by atoms with van der Waals surface area (Å²) in [6.45, 7) is 0.162. The van der Waals surface area contributed by atoms with Crippen LogP contribution in [0.5, 0.6) is 0 Å². The number of aromatic nitrogens is 1. The Morgan fingerprint density at radius 3 is 2.60 bits per heavy atom. The van der Waals surface area contributed by atoms with Crippen LogP contribution in [-0.2, 0) is 0 Å². The number of carbonyl (C=O) groups excluding carboxylic acids is 1. The Balaban J connectivity index is 1.90. The molecule has 0 fully saturated rings. The van der Waals surface area contributed by atoms with Crippen molar-refractivity contribution in [3.05, 3.63) is 69.9 Å². The average molecular weight is 270 g/mol. The molecular formula is C15H11FN2O2. The molecule has 2 aromatic rings. The molecule has 20 heavy (non-hydrogen) atoms. The van der Waals surface area contributed by atoms with Crippen LogP contribution in [0.1, 0.15) is 15.9 Å². The van der Waals surface area contributed by atoms with Crippen molar-refractivity contribution < 1.29 is 9.18 Å². The molecule has 2 rings (SSSR count). The van der Waals surface area contributed by atoms with Gasteiger partial charge in [-0.25, -0.2) is 4.39 Å². The van der Waals surface area contributed by atoms with Gasteiger partial charge in [-0.15, -0.1) is 0 Å². The molecule has 0 aliphatic heterocycles. The summed E-state index contributed by atoms with van der Waals surface area (Å²) in [6, 6.07) is 8.48. The Morgan fingerprint density at radius 2 is 1.95 bits per heavy atom. The highest BCUT2D eigenvalue weighted by atomic mass is 19.1. The van der Waals surface area contributed by atoms with Crippen molar-refractivity contribution in [2.45, 2.75) is 0 Å². The summed E-state index contributed by atoms with van der Waals surface area (Å²) in [5.74, 6) is 4.91. The molecule has 0 saturated heterocycles. The maximum absolute atomic E-state index is 12.7. The lowest BCUT2D eigenvalue weighted by molar-refractivity contribution is 0.0958. The van der Waals surface area contributed by atoms with E-state index in [1.165, 1.54) is 30.5 Å². The fraction of sp³-hybridized carbons (Fsp3) is 0.0667. The quantitative estimate of drug-likeness (QED) is 0.808. The van der Waals surface area contributed by atoms with Crippen LogP contribution in [0.4, 0.5) is 4.39 Å². The van der Waals surface area contributed by atoms with E-state index in [0.717, 1.165) is 0 Å². The smallest absolute Gasteiger partial charge is 0.253 e. The number of aromatic amines is 1. The minimum Gasteiger partial charge on any atom is -0.341 e. The van der Waals surface area contributed by atoms with Gasteiger partial charge in [0.1, 0.15) is 5.82 Å². The van der Waals surface area contributed by atoms with E-state index in [-0.39, 0.29) is 23.8 Å². The van der Waals surface area contributed by atoms with Crippen LogP contribution in [0.3, 0.4) is 0 Å². The number of nitrogens with one attached hydrogen (secondary N) is 2. The third-order valence-electron chi connectivity index (χ3n) is 2.46. The second-order valence-electron chi connectivity index (χ2n) is 3.93. The van der Waals surface area contributed by atoms with E-state index in [4.69, 9.17) is 0 Å². The van der Waals surface area contributed by atoms with Crippen LogP contribution in [0.15, 0.2) is 47.4 Å². The van der Waals surface area contributed by atoms with Crippen LogP contribution in [0.25, 0.3) is 0 Å². The van der Waals surface area contributed by atoms with Gasteiger partial charge >= 0.3 is 0 Å². The summed E-state index contributed by atoms with van der Waals surface area (Å²) in [6.07, 6.45) is 1.34. The largest absolute Gasteiger partial charge is 0.341 e. The van der Waals surface area contributed by atoms with Crippen LogP contribution < -0.4 is 10.9 Å². The molecule has 1 aromatic heterocycles. The molecule has 0 saturated carbocycles. The number of hydrogen-bond donors (Lipinski definition) is 2. The van der Waals surface area contributed by atoms with Crippen LogP contribution in [-0.4, -0.2) is 17.4 Å². The summed E-state index contributed by atoms with van der Waals surface area (Å²) in [5.41, 5.74) is 0.760. The van der Waals surface area contributed by atoms with Gasteiger partial charge in [0, 0.05) is 17.8 Å². The van der Waals surface area contributed by atoms with Gasteiger partial charge in [0.15, 0.2) is 0 Å². The SMILES string of the molecule is O=C(NCC#Cc1ccc(F)cc1)c1ccc(=O)[nH]c1. The first-order chi connectivity index (χ1) is 9.65. The highest BCUT2D eigenvalue weighted by Gasteiger charge is 2.02. The Bertz CT molecular complexity index is 704. The second kappa shape index (κ2) is 6.34. The molecule has 0 unspecified atom stereocenters. The zero-order chi connectivity index (χ0) is 14.4. The van der Waals surface area contributed by atoms with Gasteiger partial charge in [-0.1, -0.05) is 11.8 Å². The summed E-state index contributed by atoms with van der Waals surface area (Å²) >= 11 is 0. The summed E-state index contributed by atoms with van der Waals surface area (Å²) in [7, 11) is 0. The topological polar surface area (TPSA) is 62.0 Å². The molecular weight excluding hydrogens is 259 g/mol. The van der Waals surface area contributed by atoms with E-state index in [0.29, 0.717) is 11.1 Å². The van der Waals surface area contributed by atoms with Gasteiger partial charge in [-0.05, 0) is 30.3 Å². The predicted molar refractivity (Wildman–Crippen MR) is 72.7 cm³/mol. The monoisotopic (exact) mass is 270 g/mol. The van der Waals surface area contributed by atoms with Gasteiger partial charge in [0.25, 0.3) is 5.91 Å². The predicted octanol–water partition coefficient (Wildman–Crippen LogP) is 1.30. The number of amides is 1. The first-order valence-corrected chi connectivity index (χ1v) is 5.86. The lowest BCUT2D eigenvalue weighted by atomic mass is 10.2. The van der Waals surface area contributed by atoms with E-state index in [9.17, 15) is 14.0 Å². The lowest BCUT2D eigenvalue weighted by Gasteiger charge is -1.99. The molecule has 2 N–H and O–H groups in total. The number of benzene rings is 1. The summed E-state index contributed by atoms with van der Waals surface area (Å²) < 4.78 is 12.7. The van der Waals surface area contributed by atoms with Crippen LogP contribution in [0, 0.1) is 17.7 Å². The molecule has 0 radical (unpaired) electrons. The van der Waals surface area contributed by atoms with E-state index in [1.54, 1.807) is 12.1 Å². The van der Waals surface area contributed by atoms with E-state index >= 15 is 0 Å². The number of H-pyrrole nitrogens is 1. The van der Waals surface area contributed by atoms with Gasteiger partial charge in [0.05, 0.1) is 12.1 Å². The molecule has 1 heterocycles. The van der Waals surface area contributed by atoms with Gasteiger partial charge < -0.3 is 10.3 Å². The minimum atomic E-state index is -0.324. The number of pyridine rings is 1. The summed E-state index contributed by atoms with van der Waals surface area (Å²) in [5, 5.41) is 2.59. The third kappa shape index (κ3) is 3.82. The Labute approximate surface area is 114 Å². The van der Waals surface area contributed by atoms with Crippen LogP contribution in [0.2, 0.25) is 0 Å². The van der Waals surface area contributed by atoms with Gasteiger partial charge in [-0.3, -0.25) is 9.59 Å². The van der Waals surface area contributed by atoms with Crippen molar-refractivity contribution in [2.75, 3.05) is 6.54 Å². The highest BCUT2D eigenvalue weighted by Crippen LogP contribution is 2.00. The first kappa shape index (κ1) is 13.6. The Morgan fingerprint density at radius 1 is 1.20 bits per heavy atom. The lowest BCUT2D eigenvalue weighted by Crippen LogP contribution is -2.24. The summed E-state index contributed by atoms with van der Waals surface area (Å²) in [4.78, 5) is 24.9. The molecule has 0 spiro atoms. The number of halogens is 1. The van der Waals surface area contributed by atoms with Crippen molar-refractivity contribution in [3.8, 4) is 11.8 Å². The number of carbonyl (C=O) groups is 1. The molecule has 0 atom stereocenters.